The summed E-state index contributed by atoms with van der Waals surface area (Å²) in [6, 6.07) is 24.0. The fourth-order valence-corrected chi connectivity index (χ4v) is 4.21. The number of amides is 4. The van der Waals surface area contributed by atoms with Crippen molar-refractivity contribution < 1.29 is 37.8 Å². The normalized spacial score (nSPS) is 13.3. The zero-order valence-electron chi connectivity index (χ0n) is 22.1. The predicted molar refractivity (Wildman–Crippen MR) is 149 cm³/mol. The van der Waals surface area contributed by atoms with Gasteiger partial charge >= 0.3 is 12.0 Å². The number of nitrogens with zero attached hydrogens (tertiary/aromatic N) is 2. The second-order valence-electron chi connectivity index (χ2n) is 8.75. The highest BCUT2D eigenvalue weighted by Crippen LogP contribution is 2.33. The van der Waals surface area contributed by atoms with Crippen LogP contribution in [0, 0.1) is 0 Å². The molecule has 0 aliphatic carbocycles. The van der Waals surface area contributed by atoms with Gasteiger partial charge in [-0.1, -0.05) is 42.5 Å². The number of carbonyl (C=O) groups is 4. The molecule has 0 atom stereocenters. The molecule has 0 spiro atoms. The number of methoxy groups -OCH3 is 2. The molecule has 0 unspecified atom stereocenters. The van der Waals surface area contributed by atoms with Crippen molar-refractivity contribution in [1.82, 2.24) is 0 Å². The topological polar surface area (TPSA) is 116 Å². The van der Waals surface area contributed by atoms with Crippen LogP contribution >= 0.6 is 0 Å². The largest absolute Gasteiger partial charge is 0.493 e. The summed E-state index contributed by atoms with van der Waals surface area (Å²) in [7, 11) is 2.71. The van der Waals surface area contributed by atoms with Gasteiger partial charge in [0.05, 0.1) is 25.6 Å². The maximum Gasteiger partial charge on any atom is 0.373 e. The van der Waals surface area contributed by atoms with Crippen LogP contribution in [0.25, 0.3) is 6.08 Å². The van der Waals surface area contributed by atoms with E-state index in [1.165, 1.54) is 26.4 Å². The number of urea groups is 1. The van der Waals surface area contributed by atoms with E-state index in [4.69, 9.17) is 13.9 Å². The number of imide groups is 2. The molecule has 1 aliphatic heterocycles. The molecular formula is C31H24N2O8. The van der Waals surface area contributed by atoms with Crippen molar-refractivity contribution in [3.05, 3.63) is 114 Å². The summed E-state index contributed by atoms with van der Waals surface area (Å²) in [4.78, 5) is 54.1. The Morgan fingerprint density at radius 1 is 0.780 bits per heavy atom. The van der Waals surface area contributed by atoms with E-state index >= 15 is 0 Å². The molecular weight excluding hydrogens is 528 g/mol. The molecule has 10 heteroatoms. The van der Waals surface area contributed by atoms with E-state index in [1.54, 1.807) is 84.9 Å². The number of benzene rings is 3. The van der Waals surface area contributed by atoms with Crippen LogP contribution in [0.5, 0.6) is 11.5 Å². The molecule has 10 nitrogen and oxygen atoms in total. The van der Waals surface area contributed by atoms with E-state index in [0.717, 1.165) is 9.80 Å². The van der Waals surface area contributed by atoms with E-state index in [1.807, 2.05) is 0 Å². The van der Waals surface area contributed by atoms with Crippen LogP contribution in [0.15, 0.2) is 101 Å². The van der Waals surface area contributed by atoms with Gasteiger partial charge in [-0.05, 0) is 60.2 Å². The lowest BCUT2D eigenvalue weighted by molar-refractivity contribution is -0.121. The van der Waals surface area contributed by atoms with Crippen molar-refractivity contribution >= 4 is 41.3 Å². The molecule has 0 N–H and O–H groups in total. The summed E-state index contributed by atoms with van der Waals surface area (Å²) >= 11 is 0. The average Bonchev–Trinajstić information content (AvgIpc) is 3.48. The molecule has 0 saturated carbocycles. The molecule has 1 fully saturated rings. The van der Waals surface area contributed by atoms with Gasteiger partial charge in [0.1, 0.15) is 17.9 Å². The van der Waals surface area contributed by atoms with Crippen molar-refractivity contribution in [2.45, 2.75) is 6.61 Å². The van der Waals surface area contributed by atoms with Gasteiger partial charge in [-0.25, -0.2) is 19.4 Å². The van der Waals surface area contributed by atoms with Crippen molar-refractivity contribution in [1.29, 1.82) is 0 Å². The molecule has 1 saturated heterocycles. The van der Waals surface area contributed by atoms with Crippen LogP contribution in [0.4, 0.5) is 16.2 Å². The van der Waals surface area contributed by atoms with Gasteiger partial charge in [0.15, 0.2) is 11.5 Å². The smallest absolute Gasteiger partial charge is 0.373 e. The van der Waals surface area contributed by atoms with Gasteiger partial charge in [-0.2, -0.15) is 0 Å². The second-order valence-corrected chi connectivity index (χ2v) is 8.75. The summed E-state index contributed by atoms with van der Waals surface area (Å²) in [6.45, 7) is 0.00491. The maximum absolute atomic E-state index is 13.6. The number of esters is 1. The van der Waals surface area contributed by atoms with Crippen molar-refractivity contribution in [2.24, 2.45) is 0 Å². The van der Waals surface area contributed by atoms with Crippen LogP contribution in [0.2, 0.25) is 0 Å². The number of hydrogen-bond acceptors (Lipinski definition) is 8. The van der Waals surface area contributed by atoms with Gasteiger partial charge in [-0.3, -0.25) is 9.59 Å². The first kappa shape index (κ1) is 26.9. The first-order chi connectivity index (χ1) is 19.9. The number of hydrogen-bond donors (Lipinski definition) is 0. The molecule has 1 aromatic heterocycles. The Morgan fingerprint density at radius 2 is 1.39 bits per heavy atom. The van der Waals surface area contributed by atoms with Crippen molar-refractivity contribution in [2.75, 3.05) is 24.0 Å². The fraction of sp³-hybridized carbons (Fsp3) is 0.0968. The lowest BCUT2D eigenvalue weighted by Crippen LogP contribution is -2.57. The summed E-state index contributed by atoms with van der Waals surface area (Å²) in [5.74, 6) is -0.979. The Labute approximate surface area is 234 Å². The third-order valence-electron chi connectivity index (χ3n) is 6.20. The average molecular weight is 553 g/mol. The molecule has 3 aromatic carbocycles. The van der Waals surface area contributed by atoms with Crippen LogP contribution in [0.1, 0.15) is 21.9 Å². The highest BCUT2D eigenvalue weighted by molar-refractivity contribution is 6.46. The Morgan fingerprint density at radius 3 is 1.95 bits per heavy atom. The van der Waals surface area contributed by atoms with Crippen molar-refractivity contribution in [3.63, 3.8) is 0 Å². The lowest BCUT2D eigenvalue weighted by atomic mass is 10.0. The molecule has 0 bridgehead atoms. The van der Waals surface area contributed by atoms with Crippen LogP contribution in [-0.2, 0) is 20.9 Å². The highest BCUT2D eigenvalue weighted by Gasteiger charge is 2.43. The quantitative estimate of drug-likeness (QED) is 0.166. The molecule has 4 aromatic rings. The third kappa shape index (κ3) is 5.44. The number of para-hydroxylation sites is 2. The molecule has 4 amide bonds. The molecule has 206 valence electrons. The maximum atomic E-state index is 13.6. The van der Waals surface area contributed by atoms with E-state index < -0.39 is 23.8 Å². The minimum atomic E-state index is -0.774. The molecule has 0 radical (unpaired) electrons. The van der Waals surface area contributed by atoms with E-state index in [9.17, 15) is 19.2 Å². The van der Waals surface area contributed by atoms with Crippen LogP contribution in [-0.4, -0.2) is 38.0 Å². The zero-order chi connectivity index (χ0) is 28.9. The minimum absolute atomic E-state index is 0.00491. The second kappa shape index (κ2) is 11.6. The lowest BCUT2D eigenvalue weighted by Gasteiger charge is -2.33. The van der Waals surface area contributed by atoms with Gasteiger partial charge in [0, 0.05) is 0 Å². The Balaban J connectivity index is 1.46. The highest BCUT2D eigenvalue weighted by atomic mass is 16.5. The number of rotatable bonds is 8. The fourth-order valence-electron chi connectivity index (χ4n) is 4.21. The third-order valence-corrected chi connectivity index (χ3v) is 6.20. The van der Waals surface area contributed by atoms with E-state index in [0.29, 0.717) is 34.2 Å². The summed E-state index contributed by atoms with van der Waals surface area (Å²) in [5.41, 5.74) is 0.916. The van der Waals surface area contributed by atoms with Gasteiger partial charge < -0.3 is 18.6 Å². The monoisotopic (exact) mass is 552 g/mol. The Bertz CT molecular complexity index is 1580. The summed E-state index contributed by atoms with van der Waals surface area (Å²) in [6.07, 6.45) is 1.41. The SMILES string of the molecule is COC(=O)c1ccc(COc2ccc(C=C3C(=O)N(c4ccccc4)C(=O)N(c4ccccc4)C3=O)cc2OC)o1. The number of ether oxygens (including phenoxy) is 3. The standard InChI is InChI=1S/C31H24N2O8/c1-38-27-18-20(13-15-25(27)40-19-23-14-16-26(41-23)30(36)39-2)17-24-28(34)32(21-9-5-3-6-10-21)31(37)33(29(24)35)22-11-7-4-8-12-22/h3-18H,19H2,1-2H3. The first-order valence-electron chi connectivity index (χ1n) is 12.4. The Kier molecular flexibility index (Phi) is 7.64. The van der Waals surface area contributed by atoms with Gasteiger partial charge in [0.25, 0.3) is 11.8 Å². The Hall–Kier alpha value is -5.64. The molecule has 1 aliphatic rings. The first-order valence-corrected chi connectivity index (χ1v) is 12.4. The number of anilines is 2. The van der Waals surface area contributed by atoms with Crippen LogP contribution < -0.4 is 19.3 Å². The summed E-state index contributed by atoms with van der Waals surface area (Å²) in [5, 5.41) is 0. The number of barbiturate groups is 1. The summed E-state index contributed by atoms with van der Waals surface area (Å²) < 4.78 is 21.3. The molecule has 41 heavy (non-hydrogen) atoms. The molecule has 2 heterocycles. The number of carbonyl (C=O) groups excluding carboxylic acids is 4. The van der Waals surface area contributed by atoms with Gasteiger partial charge in [-0.15, -0.1) is 0 Å². The molecule has 5 rings (SSSR count). The predicted octanol–water partition coefficient (Wildman–Crippen LogP) is 5.24. The van der Waals surface area contributed by atoms with E-state index in [-0.39, 0.29) is 17.9 Å². The zero-order valence-corrected chi connectivity index (χ0v) is 22.1. The van der Waals surface area contributed by atoms with Crippen LogP contribution in [0.3, 0.4) is 0 Å². The number of furan rings is 1. The minimum Gasteiger partial charge on any atom is -0.493 e. The van der Waals surface area contributed by atoms with Gasteiger partial charge in [0.2, 0.25) is 5.76 Å². The van der Waals surface area contributed by atoms with E-state index in [2.05, 4.69) is 4.74 Å². The van der Waals surface area contributed by atoms with Crippen molar-refractivity contribution in [3.8, 4) is 11.5 Å².